The summed E-state index contributed by atoms with van der Waals surface area (Å²) in [7, 11) is 0. The van der Waals surface area contributed by atoms with E-state index in [1.165, 1.54) is 0 Å². The second-order valence-electron chi connectivity index (χ2n) is 4.35. The molecule has 1 saturated heterocycles. The molecule has 0 aliphatic carbocycles. The van der Waals surface area contributed by atoms with E-state index in [-0.39, 0.29) is 12.5 Å². The highest BCUT2D eigenvalue weighted by atomic mass is 16.2. The summed E-state index contributed by atoms with van der Waals surface area (Å²) in [5.74, 6) is -0.173. The first-order valence-electron chi connectivity index (χ1n) is 6.40. The highest BCUT2D eigenvalue weighted by Crippen LogP contribution is 2.19. The van der Waals surface area contributed by atoms with Gasteiger partial charge in [-0.05, 0) is 12.1 Å². The molecule has 1 unspecified atom stereocenters. The third-order valence-electron chi connectivity index (χ3n) is 3.09. The number of rotatable bonds is 5. The Morgan fingerprint density at radius 3 is 2.89 bits per heavy atom. The largest absolute Gasteiger partial charge is 0.348 e. The summed E-state index contributed by atoms with van der Waals surface area (Å²) < 4.78 is 0. The Labute approximate surface area is 112 Å². The van der Waals surface area contributed by atoms with Crippen LogP contribution in [0.2, 0.25) is 0 Å². The van der Waals surface area contributed by atoms with E-state index in [0.29, 0.717) is 12.0 Å². The van der Waals surface area contributed by atoms with Crippen LogP contribution < -0.4 is 10.6 Å². The van der Waals surface area contributed by atoms with E-state index < -0.39 is 6.04 Å². The zero-order valence-electron chi connectivity index (χ0n) is 10.7. The van der Waals surface area contributed by atoms with Crippen molar-refractivity contribution in [3.8, 4) is 0 Å². The number of piperazine rings is 1. The number of carbonyl (C=O) groups is 2. The lowest BCUT2D eigenvalue weighted by Gasteiger charge is -2.33. The van der Waals surface area contributed by atoms with E-state index in [1.807, 2.05) is 18.2 Å². The van der Waals surface area contributed by atoms with Gasteiger partial charge in [0.05, 0.1) is 12.2 Å². The highest BCUT2D eigenvalue weighted by molar-refractivity contribution is 5.84. The van der Waals surface area contributed by atoms with E-state index in [4.69, 9.17) is 0 Å². The molecule has 2 N–H and O–H groups in total. The second-order valence-corrected chi connectivity index (χ2v) is 4.35. The zero-order chi connectivity index (χ0) is 13.5. The van der Waals surface area contributed by atoms with Gasteiger partial charge in [-0.25, -0.2) is 0 Å². The number of hydrogen-bond donors (Lipinski definition) is 2. The lowest BCUT2D eigenvalue weighted by atomic mass is 10.1. The minimum Gasteiger partial charge on any atom is -0.348 e. The molecule has 1 aliphatic rings. The van der Waals surface area contributed by atoms with Gasteiger partial charge in [-0.15, -0.1) is 0 Å². The summed E-state index contributed by atoms with van der Waals surface area (Å²) >= 11 is 0. The first-order valence-corrected chi connectivity index (χ1v) is 6.40. The molecule has 6 nitrogen and oxygen atoms in total. The van der Waals surface area contributed by atoms with Gasteiger partial charge in [-0.1, -0.05) is 6.07 Å². The van der Waals surface area contributed by atoms with Crippen LogP contribution in [0.3, 0.4) is 0 Å². The van der Waals surface area contributed by atoms with Crippen molar-refractivity contribution in [1.82, 2.24) is 20.5 Å². The molecule has 1 aliphatic heterocycles. The van der Waals surface area contributed by atoms with Crippen molar-refractivity contribution < 1.29 is 9.59 Å². The minimum absolute atomic E-state index is 0.0360. The molecule has 0 spiro atoms. The topological polar surface area (TPSA) is 74.3 Å². The Balaban J connectivity index is 2.17. The van der Waals surface area contributed by atoms with Crippen molar-refractivity contribution in [2.24, 2.45) is 0 Å². The molecule has 0 saturated carbocycles. The number of aromatic nitrogens is 1. The maximum atomic E-state index is 12.2. The Bertz CT molecular complexity index is 418. The van der Waals surface area contributed by atoms with Gasteiger partial charge in [0.1, 0.15) is 12.3 Å². The van der Waals surface area contributed by atoms with Crippen LogP contribution in [0.5, 0.6) is 0 Å². The van der Waals surface area contributed by atoms with E-state index in [9.17, 15) is 9.59 Å². The Kier molecular flexibility index (Phi) is 5.00. The lowest BCUT2D eigenvalue weighted by molar-refractivity contribution is -0.128. The molecule has 1 aromatic rings. The lowest BCUT2D eigenvalue weighted by Crippen LogP contribution is -2.49. The summed E-state index contributed by atoms with van der Waals surface area (Å²) in [6.45, 7) is 3.31. The molecule has 1 fully saturated rings. The fourth-order valence-electron chi connectivity index (χ4n) is 2.20. The summed E-state index contributed by atoms with van der Waals surface area (Å²) in [6.07, 6.45) is 2.36. The molecule has 1 aromatic heterocycles. The van der Waals surface area contributed by atoms with E-state index in [0.717, 1.165) is 26.2 Å². The third-order valence-corrected chi connectivity index (χ3v) is 3.09. The SMILES string of the molecule is O=CCNC(=O)C(c1ccccn1)N1CCNCC1. The van der Waals surface area contributed by atoms with Gasteiger partial charge in [-0.2, -0.15) is 0 Å². The Morgan fingerprint density at radius 2 is 2.26 bits per heavy atom. The average molecular weight is 262 g/mol. The summed E-state index contributed by atoms with van der Waals surface area (Å²) in [5, 5.41) is 5.87. The maximum absolute atomic E-state index is 12.2. The standard InChI is InChI=1S/C13H18N4O2/c18-10-7-16-13(19)12(11-3-1-2-4-15-11)17-8-5-14-6-9-17/h1-4,10,12,14H,5-9H2,(H,16,19). The molecule has 0 bridgehead atoms. The average Bonchev–Trinajstić information content (AvgIpc) is 2.47. The fourth-order valence-corrected chi connectivity index (χ4v) is 2.20. The molecule has 1 atom stereocenters. The summed E-state index contributed by atoms with van der Waals surface area (Å²) in [5.41, 5.74) is 0.716. The molecule has 6 heteroatoms. The van der Waals surface area contributed by atoms with Crippen molar-refractivity contribution in [1.29, 1.82) is 0 Å². The molecule has 19 heavy (non-hydrogen) atoms. The van der Waals surface area contributed by atoms with Gasteiger partial charge < -0.3 is 15.4 Å². The second kappa shape index (κ2) is 6.96. The van der Waals surface area contributed by atoms with Gasteiger partial charge >= 0.3 is 0 Å². The number of amides is 1. The monoisotopic (exact) mass is 262 g/mol. The van der Waals surface area contributed by atoms with Crippen LogP contribution in [0.15, 0.2) is 24.4 Å². The van der Waals surface area contributed by atoms with Gasteiger partial charge in [-0.3, -0.25) is 14.7 Å². The molecular weight excluding hydrogens is 244 g/mol. The molecular formula is C13H18N4O2. The Hall–Kier alpha value is -1.79. The van der Waals surface area contributed by atoms with E-state index >= 15 is 0 Å². The van der Waals surface area contributed by atoms with Crippen LogP contribution in [0, 0.1) is 0 Å². The molecule has 2 heterocycles. The number of carbonyl (C=O) groups excluding carboxylic acids is 2. The predicted molar refractivity (Wildman–Crippen MR) is 70.5 cm³/mol. The van der Waals surface area contributed by atoms with Crippen molar-refractivity contribution in [3.05, 3.63) is 30.1 Å². The van der Waals surface area contributed by atoms with Crippen LogP contribution in [0.1, 0.15) is 11.7 Å². The number of aldehydes is 1. The van der Waals surface area contributed by atoms with Gasteiger partial charge in [0.25, 0.3) is 0 Å². The first kappa shape index (κ1) is 13.6. The molecule has 0 radical (unpaired) electrons. The number of nitrogens with zero attached hydrogens (tertiary/aromatic N) is 2. The maximum Gasteiger partial charge on any atom is 0.243 e. The van der Waals surface area contributed by atoms with Crippen LogP contribution in [-0.4, -0.2) is 54.8 Å². The van der Waals surface area contributed by atoms with Gasteiger partial charge in [0, 0.05) is 32.4 Å². The van der Waals surface area contributed by atoms with Gasteiger partial charge in [0.15, 0.2) is 0 Å². The smallest absolute Gasteiger partial charge is 0.243 e. The fraction of sp³-hybridized carbons (Fsp3) is 0.462. The van der Waals surface area contributed by atoms with Crippen molar-refractivity contribution in [2.45, 2.75) is 6.04 Å². The highest BCUT2D eigenvalue weighted by Gasteiger charge is 2.29. The van der Waals surface area contributed by atoms with E-state index in [2.05, 4.69) is 20.5 Å². The van der Waals surface area contributed by atoms with Gasteiger partial charge in [0.2, 0.25) is 5.91 Å². The van der Waals surface area contributed by atoms with Crippen LogP contribution in [0.4, 0.5) is 0 Å². The number of pyridine rings is 1. The predicted octanol–water partition coefficient (Wildman–Crippen LogP) is -0.657. The quantitative estimate of drug-likeness (QED) is 0.689. The van der Waals surface area contributed by atoms with Crippen LogP contribution >= 0.6 is 0 Å². The molecule has 2 rings (SSSR count). The zero-order valence-corrected chi connectivity index (χ0v) is 10.7. The van der Waals surface area contributed by atoms with E-state index in [1.54, 1.807) is 6.20 Å². The molecule has 0 aromatic carbocycles. The van der Waals surface area contributed by atoms with Crippen molar-refractivity contribution in [3.63, 3.8) is 0 Å². The first-order chi connectivity index (χ1) is 9.33. The normalized spacial score (nSPS) is 17.7. The summed E-state index contributed by atoms with van der Waals surface area (Å²) in [6, 6.07) is 5.10. The van der Waals surface area contributed by atoms with Crippen LogP contribution in [-0.2, 0) is 9.59 Å². The Morgan fingerprint density at radius 1 is 1.47 bits per heavy atom. The number of hydrogen-bond acceptors (Lipinski definition) is 5. The molecule has 1 amide bonds. The molecule has 102 valence electrons. The van der Waals surface area contributed by atoms with Crippen molar-refractivity contribution in [2.75, 3.05) is 32.7 Å². The third kappa shape index (κ3) is 3.59. The number of nitrogens with one attached hydrogen (secondary N) is 2. The summed E-state index contributed by atoms with van der Waals surface area (Å²) in [4.78, 5) is 29.0. The van der Waals surface area contributed by atoms with Crippen molar-refractivity contribution >= 4 is 12.2 Å². The van der Waals surface area contributed by atoms with Crippen LogP contribution in [0.25, 0.3) is 0 Å². The minimum atomic E-state index is -0.428.